The van der Waals surface area contributed by atoms with Crippen molar-refractivity contribution in [2.45, 2.75) is 19.1 Å². The number of urea groups is 1. The van der Waals surface area contributed by atoms with Gasteiger partial charge in [-0.3, -0.25) is 0 Å². The zero-order valence-corrected chi connectivity index (χ0v) is 11.1. The van der Waals surface area contributed by atoms with Gasteiger partial charge in [0, 0.05) is 6.20 Å². The Bertz CT molecular complexity index is 487. The van der Waals surface area contributed by atoms with E-state index in [9.17, 15) is 9.59 Å². The highest BCUT2D eigenvalue weighted by molar-refractivity contribution is 5.75. The number of hydrogen-bond acceptors (Lipinski definition) is 5. The van der Waals surface area contributed by atoms with E-state index < -0.39 is 11.6 Å². The van der Waals surface area contributed by atoms with Crippen LogP contribution in [0.5, 0.6) is 0 Å². The van der Waals surface area contributed by atoms with Crippen LogP contribution in [0.3, 0.4) is 0 Å². The van der Waals surface area contributed by atoms with E-state index in [1.54, 1.807) is 24.1 Å². The monoisotopic (exact) mass is 280 g/mol. The molecular formula is C12H16N4O4. The maximum Gasteiger partial charge on any atom is 0.329 e. The number of carboxylic acids is 1. The Labute approximate surface area is 115 Å². The third-order valence-corrected chi connectivity index (χ3v) is 2.95. The van der Waals surface area contributed by atoms with Crippen molar-refractivity contribution < 1.29 is 19.4 Å². The first-order chi connectivity index (χ1) is 9.48. The Morgan fingerprint density at radius 1 is 1.55 bits per heavy atom. The van der Waals surface area contributed by atoms with Gasteiger partial charge in [-0.05, 0) is 13.0 Å². The summed E-state index contributed by atoms with van der Waals surface area (Å²) in [5.41, 5.74) is 0.142. The van der Waals surface area contributed by atoms with Gasteiger partial charge in [0.15, 0.2) is 0 Å². The molecule has 1 aliphatic rings. The number of amides is 2. The van der Waals surface area contributed by atoms with Gasteiger partial charge in [-0.25, -0.2) is 19.6 Å². The smallest absolute Gasteiger partial charge is 0.329 e. The number of nitrogens with one attached hydrogen (secondary N) is 1. The average Bonchev–Trinajstić information content (AvgIpc) is 2.40. The third kappa shape index (κ3) is 3.64. The predicted octanol–water partition coefficient (Wildman–Crippen LogP) is -0.138. The summed E-state index contributed by atoms with van der Waals surface area (Å²) in [6.07, 6.45) is 3.02. The van der Waals surface area contributed by atoms with Gasteiger partial charge in [-0.15, -0.1) is 0 Å². The second-order valence-corrected chi connectivity index (χ2v) is 4.85. The van der Waals surface area contributed by atoms with Gasteiger partial charge in [-0.2, -0.15) is 0 Å². The second-order valence-electron chi connectivity index (χ2n) is 4.85. The summed E-state index contributed by atoms with van der Waals surface area (Å²) < 4.78 is 5.23. The number of carboxylic acid groups (broad SMARTS) is 1. The Kier molecular flexibility index (Phi) is 4.14. The van der Waals surface area contributed by atoms with Crippen molar-refractivity contribution >= 4 is 12.0 Å². The van der Waals surface area contributed by atoms with E-state index in [2.05, 4.69) is 15.3 Å². The standard InChI is InChI=1S/C12H16N4O4/c1-12(20-5-10(17)18)6-16(7-12)11(19)14-4-9-2-3-13-8-15-9/h2-3,8H,4-7H2,1H3,(H,14,19)(H,17,18). The number of carbonyl (C=O) groups excluding carboxylic acids is 1. The van der Waals surface area contributed by atoms with Crippen molar-refractivity contribution in [3.05, 3.63) is 24.3 Å². The van der Waals surface area contributed by atoms with Crippen molar-refractivity contribution in [1.29, 1.82) is 0 Å². The zero-order valence-electron chi connectivity index (χ0n) is 11.1. The van der Waals surface area contributed by atoms with Crippen LogP contribution < -0.4 is 5.32 Å². The lowest BCUT2D eigenvalue weighted by Crippen LogP contribution is -2.65. The van der Waals surface area contributed by atoms with E-state index in [0.717, 1.165) is 5.69 Å². The van der Waals surface area contributed by atoms with E-state index in [1.807, 2.05) is 0 Å². The maximum absolute atomic E-state index is 11.8. The first kappa shape index (κ1) is 14.2. The van der Waals surface area contributed by atoms with Crippen molar-refractivity contribution in [2.24, 2.45) is 0 Å². The summed E-state index contributed by atoms with van der Waals surface area (Å²) in [6.45, 7) is 2.49. The molecule has 108 valence electrons. The Hall–Kier alpha value is -2.22. The first-order valence-corrected chi connectivity index (χ1v) is 6.12. The molecular weight excluding hydrogens is 264 g/mol. The van der Waals surface area contributed by atoms with Gasteiger partial charge in [0.05, 0.1) is 25.3 Å². The maximum atomic E-state index is 11.8. The lowest BCUT2D eigenvalue weighted by Gasteiger charge is -2.46. The molecule has 0 unspecified atom stereocenters. The number of rotatable bonds is 5. The summed E-state index contributed by atoms with van der Waals surface area (Å²) in [5.74, 6) is -1.02. The minimum atomic E-state index is -1.02. The zero-order chi connectivity index (χ0) is 14.6. The van der Waals surface area contributed by atoms with Gasteiger partial charge in [-0.1, -0.05) is 0 Å². The highest BCUT2D eigenvalue weighted by atomic mass is 16.5. The Balaban J connectivity index is 1.72. The number of ether oxygens (including phenoxy) is 1. The number of aliphatic carboxylic acids is 1. The van der Waals surface area contributed by atoms with Crippen LogP contribution in [0.25, 0.3) is 0 Å². The molecule has 1 fully saturated rings. The van der Waals surface area contributed by atoms with E-state index in [0.29, 0.717) is 19.6 Å². The van der Waals surface area contributed by atoms with Crippen molar-refractivity contribution in [3.63, 3.8) is 0 Å². The van der Waals surface area contributed by atoms with Crippen molar-refractivity contribution in [2.75, 3.05) is 19.7 Å². The van der Waals surface area contributed by atoms with Crippen LogP contribution in [-0.2, 0) is 16.1 Å². The van der Waals surface area contributed by atoms with Crippen molar-refractivity contribution in [3.8, 4) is 0 Å². The van der Waals surface area contributed by atoms with Gasteiger partial charge in [0.1, 0.15) is 18.5 Å². The van der Waals surface area contributed by atoms with E-state index >= 15 is 0 Å². The minimum Gasteiger partial charge on any atom is -0.480 e. The van der Waals surface area contributed by atoms with Gasteiger partial charge in [0.25, 0.3) is 0 Å². The van der Waals surface area contributed by atoms with Crippen LogP contribution >= 0.6 is 0 Å². The SMILES string of the molecule is CC1(OCC(=O)O)CN(C(=O)NCc2ccncn2)C1. The molecule has 2 heterocycles. The third-order valence-electron chi connectivity index (χ3n) is 2.95. The fraction of sp³-hybridized carbons (Fsp3) is 0.500. The summed E-state index contributed by atoms with van der Waals surface area (Å²) in [6, 6.07) is 1.50. The highest BCUT2D eigenvalue weighted by Gasteiger charge is 2.42. The number of hydrogen-bond donors (Lipinski definition) is 2. The topological polar surface area (TPSA) is 105 Å². The molecule has 8 heteroatoms. The predicted molar refractivity (Wildman–Crippen MR) is 67.8 cm³/mol. The fourth-order valence-electron chi connectivity index (χ4n) is 1.93. The molecule has 0 aromatic carbocycles. The molecule has 0 bridgehead atoms. The van der Waals surface area contributed by atoms with Gasteiger partial charge < -0.3 is 20.1 Å². The van der Waals surface area contributed by atoms with Crippen LogP contribution in [-0.4, -0.2) is 57.3 Å². The van der Waals surface area contributed by atoms with Crippen LogP contribution in [0.1, 0.15) is 12.6 Å². The molecule has 0 atom stereocenters. The molecule has 20 heavy (non-hydrogen) atoms. The molecule has 1 aromatic rings. The lowest BCUT2D eigenvalue weighted by atomic mass is 9.97. The first-order valence-electron chi connectivity index (χ1n) is 6.12. The minimum absolute atomic E-state index is 0.222. The molecule has 0 radical (unpaired) electrons. The van der Waals surface area contributed by atoms with Gasteiger partial charge >= 0.3 is 12.0 Å². The molecule has 0 spiro atoms. The molecule has 1 aliphatic heterocycles. The quantitative estimate of drug-likeness (QED) is 0.778. The van der Waals surface area contributed by atoms with E-state index in [1.165, 1.54) is 6.33 Å². The van der Waals surface area contributed by atoms with Crippen LogP contribution in [0.2, 0.25) is 0 Å². The fourth-order valence-corrected chi connectivity index (χ4v) is 1.93. The molecule has 0 saturated carbocycles. The molecule has 0 aliphatic carbocycles. The lowest BCUT2D eigenvalue weighted by molar-refractivity contribution is -0.159. The second kappa shape index (κ2) is 5.83. The molecule has 2 N–H and O–H groups in total. The van der Waals surface area contributed by atoms with Crippen LogP contribution in [0, 0.1) is 0 Å². The largest absolute Gasteiger partial charge is 0.480 e. The molecule has 1 aromatic heterocycles. The van der Waals surface area contributed by atoms with Crippen LogP contribution in [0.15, 0.2) is 18.6 Å². The summed E-state index contributed by atoms with van der Waals surface area (Å²) in [4.78, 5) is 31.6. The Morgan fingerprint density at radius 2 is 2.30 bits per heavy atom. The Morgan fingerprint density at radius 3 is 2.90 bits per heavy atom. The van der Waals surface area contributed by atoms with Gasteiger partial charge in [0.2, 0.25) is 0 Å². The number of carbonyl (C=O) groups is 2. The summed E-state index contributed by atoms with van der Waals surface area (Å²) in [5, 5.41) is 11.3. The summed E-state index contributed by atoms with van der Waals surface area (Å²) in [7, 11) is 0. The average molecular weight is 280 g/mol. The molecule has 8 nitrogen and oxygen atoms in total. The molecule has 2 rings (SSSR count). The van der Waals surface area contributed by atoms with Crippen LogP contribution in [0.4, 0.5) is 4.79 Å². The number of aromatic nitrogens is 2. The summed E-state index contributed by atoms with van der Waals surface area (Å²) >= 11 is 0. The molecule has 1 saturated heterocycles. The highest BCUT2D eigenvalue weighted by Crippen LogP contribution is 2.24. The van der Waals surface area contributed by atoms with Crippen molar-refractivity contribution in [1.82, 2.24) is 20.2 Å². The van der Waals surface area contributed by atoms with E-state index in [4.69, 9.17) is 9.84 Å². The normalized spacial score (nSPS) is 16.4. The number of likely N-dealkylation sites (tertiary alicyclic amines) is 1. The van der Waals surface area contributed by atoms with E-state index in [-0.39, 0.29) is 12.6 Å². The molecule has 2 amide bonds. The number of nitrogens with zero attached hydrogens (tertiary/aromatic N) is 3.